The van der Waals surface area contributed by atoms with Crippen molar-refractivity contribution < 1.29 is 9.53 Å². The normalized spacial score (nSPS) is 14.0. The number of benzene rings is 1. The number of hydrogen-bond donors (Lipinski definition) is 0. The summed E-state index contributed by atoms with van der Waals surface area (Å²) in [6, 6.07) is 11.9. The highest BCUT2D eigenvalue weighted by Gasteiger charge is 2.23. The largest absolute Gasteiger partial charge is 0.455 e. The third kappa shape index (κ3) is 3.27. The van der Waals surface area contributed by atoms with Crippen LogP contribution in [0.2, 0.25) is 0 Å². The molecule has 0 saturated carbocycles. The Labute approximate surface area is 169 Å². The van der Waals surface area contributed by atoms with Gasteiger partial charge >= 0.3 is 5.97 Å². The summed E-state index contributed by atoms with van der Waals surface area (Å²) in [5.74, 6) is -0.282. The van der Waals surface area contributed by atoms with Crippen LogP contribution in [-0.4, -0.2) is 20.3 Å². The Bertz CT molecular complexity index is 1230. The van der Waals surface area contributed by atoms with E-state index in [4.69, 9.17) is 9.72 Å². The van der Waals surface area contributed by atoms with Crippen LogP contribution in [0, 0.1) is 6.92 Å². The monoisotopic (exact) mass is 385 g/mol. The van der Waals surface area contributed by atoms with Crippen molar-refractivity contribution in [2.24, 2.45) is 0 Å². The summed E-state index contributed by atoms with van der Waals surface area (Å²) in [6.07, 6.45) is 9.04. The van der Waals surface area contributed by atoms with Gasteiger partial charge in [-0.2, -0.15) is 0 Å². The average Bonchev–Trinajstić information content (AvgIpc) is 3.02. The van der Waals surface area contributed by atoms with Gasteiger partial charge < -0.3 is 9.14 Å². The van der Waals surface area contributed by atoms with E-state index in [9.17, 15) is 4.79 Å². The van der Waals surface area contributed by atoms with Gasteiger partial charge in [-0.3, -0.25) is 4.98 Å². The average molecular weight is 385 g/mol. The lowest BCUT2D eigenvalue weighted by Crippen LogP contribution is -2.12. The molecule has 0 unspecified atom stereocenters. The molecular formula is C24H23N3O2. The lowest BCUT2D eigenvalue weighted by atomic mass is 9.97. The first-order valence-electron chi connectivity index (χ1n) is 10.2. The molecule has 0 spiro atoms. The maximum Gasteiger partial charge on any atom is 0.339 e. The number of carbonyl (C=O) groups excluding carboxylic acids is 1. The number of imidazole rings is 1. The minimum Gasteiger partial charge on any atom is -0.455 e. The number of aromatic nitrogens is 3. The molecule has 0 aliphatic heterocycles. The summed E-state index contributed by atoms with van der Waals surface area (Å²) in [6.45, 7) is 2.18. The van der Waals surface area contributed by atoms with Gasteiger partial charge in [0.05, 0.1) is 16.8 Å². The van der Waals surface area contributed by atoms with Crippen LogP contribution in [0.1, 0.15) is 52.1 Å². The Balaban J connectivity index is 1.50. The fourth-order valence-corrected chi connectivity index (χ4v) is 4.27. The van der Waals surface area contributed by atoms with Crippen LogP contribution >= 0.6 is 0 Å². The van der Waals surface area contributed by atoms with Gasteiger partial charge in [0.25, 0.3) is 0 Å². The SMILES string of the molecule is Cc1cccn2cc(COC(=O)c3c4c(nc5ccccc35)CCCCC4)nc12. The molecule has 0 atom stereocenters. The summed E-state index contributed by atoms with van der Waals surface area (Å²) < 4.78 is 7.72. The second kappa shape index (κ2) is 7.32. The first-order valence-corrected chi connectivity index (χ1v) is 10.2. The molecule has 0 radical (unpaired) electrons. The second-order valence-electron chi connectivity index (χ2n) is 7.72. The van der Waals surface area contributed by atoms with Gasteiger partial charge in [-0.15, -0.1) is 0 Å². The van der Waals surface area contributed by atoms with Crippen LogP contribution in [0.4, 0.5) is 0 Å². The predicted octanol–water partition coefficient (Wildman–Crippen LogP) is 4.82. The molecule has 0 N–H and O–H groups in total. The van der Waals surface area contributed by atoms with E-state index in [0.29, 0.717) is 5.56 Å². The summed E-state index contributed by atoms with van der Waals surface area (Å²) in [7, 11) is 0. The van der Waals surface area contributed by atoms with E-state index in [1.807, 2.05) is 60.1 Å². The van der Waals surface area contributed by atoms with Crippen LogP contribution in [0.25, 0.3) is 16.6 Å². The molecule has 29 heavy (non-hydrogen) atoms. The van der Waals surface area contributed by atoms with Crippen molar-refractivity contribution in [1.29, 1.82) is 0 Å². The summed E-state index contributed by atoms with van der Waals surface area (Å²) >= 11 is 0. The number of hydrogen-bond acceptors (Lipinski definition) is 4. The Morgan fingerprint density at radius 1 is 1.07 bits per heavy atom. The quantitative estimate of drug-likeness (QED) is 0.375. The van der Waals surface area contributed by atoms with Gasteiger partial charge in [-0.1, -0.05) is 30.7 Å². The van der Waals surface area contributed by atoms with Crippen molar-refractivity contribution >= 4 is 22.5 Å². The molecule has 0 amide bonds. The maximum atomic E-state index is 13.2. The Morgan fingerprint density at radius 3 is 2.83 bits per heavy atom. The molecule has 4 aromatic rings. The third-order valence-corrected chi connectivity index (χ3v) is 5.70. The molecular weight excluding hydrogens is 362 g/mol. The van der Waals surface area contributed by atoms with Crippen molar-refractivity contribution in [2.45, 2.75) is 45.6 Å². The van der Waals surface area contributed by atoms with Crippen LogP contribution in [0.5, 0.6) is 0 Å². The van der Waals surface area contributed by atoms with Gasteiger partial charge in [0, 0.05) is 23.5 Å². The third-order valence-electron chi connectivity index (χ3n) is 5.70. The lowest BCUT2D eigenvalue weighted by molar-refractivity contribution is 0.0469. The smallest absolute Gasteiger partial charge is 0.339 e. The zero-order valence-electron chi connectivity index (χ0n) is 16.5. The van der Waals surface area contributed by atoms with Gasteiger partial charge in [0.2, 0.25) is 0 Å². The molecule has 5 heteroatoms. The zero-order chi connectivity index (χ0) is 19.8. The van der Waals surface area contributed by atoms with E-state index in [1.54, 1.807) is 0 Å². The van der Waals surface area contributed by atoms with E-state index < -0.39 is 0 Å². The van der Waals surface area contributed by atoms with Crippen LogP contribution in [0.3, 0.4) is 0 Å². The highest BCUT2D eigenvalue weighted by atomic mass is 16.5. The first kappa shape index (κ1) is 17.9. The van der Waals surface area contributed by atoms with Crippen molar-refractivity contribution in [3.05, 3.63) is 76.9 Å². The highest BCUT2D eigenvalue weighted by molar-refractivity contribution is 6.05. The standard InChI is InChI=1S/C24H23N3O2/c1-16-8-7-13-27-14-17(25-23(16)27)15-29-24(28)22-18-9-3-2-4-11-20(18)26-21-12-6-5-10-19(21)22/h5-8,10,12-14H,2-4,9,11,15H2,1H3. The lowest BCUT2D eigenvalue weighted by Gasteiger charge is -2.14. The van der Waals surface area contributed by atoms with Gasteiger partial charge in [0.1, 0.15) is 12.3 Å². The van der Waals surface area contributed by atoms with Crippen LogP contribution in [-0.2, 0) is 24.2 Å². The van der Waals surface area contributed by atoms with Crippen molar-refractivity contribution in [3.63, 3.8) is 0 Å². The van der Waals surface area contributed by atoms with Crippen molar-refractivity contribution in [2.75, 3.05) is 0 Å². The molecule has 146 valence electrons. The molecule has 3 aromatic heterocycles. The van der Waals surface area contributed by atoms with Crippen molar-refractivity contribution in [1.82, 2.24) is 14.4 Å². The molecule has 0 fully saturated rings. The van der Waals surface area contributed by atoms with Gasteiger partial charge in [-0.05, 0) is 55.9 Å². The topological polar surface area (TPSA) is 56.5 Å². The van der Waals surface area contributed by atoms with E-state index >= 15 is 0 Å². The van der Waals surface area contributed by atoms with Gasteiger partial charge in [-0.25, -0.2) is 9.78 Å². The predicted molar refractivity (Wildman–Crippen MR) is 112 cm³/mol. The molecule has 5 nitrogen and oxygen atoms in total. The van der Waals surface area contributed by atoms with E-state index in [2.05, 4.69) is 4.98 Å². The minimum absolute atomic E-state index is 0.158. The Morgan fingerprint density at radius 2 is 1.93 bits per heavy atom. The number of carbonyl (C=O) groups is 1. The summed E-state index contributed by atoms with van der Waals surface area (Å²) in [4.78, 5) is 22.7. The summed E-state index contributed by atoms with van der Waals surface area (Å²) in [5, 5.41) is 0.879. The fraction of sp³-hybridized carbons (Fsp3) is 0.292. The van der Waals surface area contributed by atoms with Gasteiger partial charge in [0.15, 0.2) is 0 Å². The summed E-state index contributed by atoms with van der Waals surface area (Å²) in [5.41, 5.74) is 6.40. The maximum absolute atomic E-state index is 13.2. The zero-order valence-corrected chi connectivity index (χ0v) is 16.5. The molecule has 1 aromatic carbocycles. The first-order chi connectivity index (χ1) is 14.2. The number of para-hydroxylation sites is 1. The molecule has 1 aliphatic carbocycles. The molecule has 1 aliphatic rings. The number of rotatable bonds is 3. The number of aryl methyl sites for hydroxylation is 2. The highest BCUT2D eigenvalue weighted by Crippen LogP contribution is 2.29. The van der Waals surface area contributed by atoms with E-state index in [0.717, 1.165) is 64.7 Å². The van der Waals surface area contributed by atoms with Crippen molar-refractivity contribution in [3.8, 4) is 0 Å². The van der Waals surface area contributed by atoms with Crippen LogP contribution < -0.4 is 0 Å². The Kier molecular flexibility index (Phi) is 4.51. The molecule has 3 heterocycles. The second-order valence-corrected chi connectivity index (χ2v) is 7.72. The van der Waals surface area contributed by atoms with E-state index in [1.165, 1.54) is 6.42 Å². The van der Waals surface area contributed by atoms with Crippen LogP contribution in [0.15, 0.2) is 48.8 Å². The van der Waals surface area contributed by atoms with E-state index in [-0.39, 0.29) is 12.6 Å². The number of ether oxygens (including phenoxy) is 1. The molecule has 0 bridgehead atoms. The number of pyridine rings is 2. The molecule has 5 rings (SSSR count). The molecule has 0 saturated heterocycles. The minimum atomic E-state index is -0.282. The number of esters is 1. The Hall–Kier alpha value is -3.21. The fourth-order valence-electron chi connectivity index (χ4n) is 4.27. The number of fused-ring (bicyclic) bond motifs is 3. The number of nitrogens with zero attached hydrogens (tertiary/aromatic N) is 3.